The first kappa shape index (κ1) is 28.8. The van der Waals surface area contributed by atoms with Crippen molar-refractivity contribution in [1.82, 2.24) is 4.31 Å². The highest BCUT2D eigenvalue weighted by Crippen LogP contribution is 2.39. The van der Waals surface area contributed by atoms with Gasteiger partial charge in [0.05, 0.1) is 0 Å². The van der Waals surface area contributed by atoms with E-state index >= 15 is 4.39 Å². The smallest absolute Gasteiger partial charge is 0.325 e. The molecule has 1 heterocycles. The number of halogens is 1. The van der Waals surface area contributed by atoms with Gasteiger partial charge in [-0.2, -0.15) is 4.31 Å². The van der Waals surface area contributed by atoms with Gasteiger partial charge in [-0.3, -0.25) is 9.59 Å². The number of nitrogens with zero attached hydrogens (tertiary/aromatic N) is 1. The third kappa shape index (κ3) is 5.57. The zero-order valence-electron chi connectivity index (χ0n) is 22.8. The number of esters is 1. The van der Waals surface area contributed by atoms with Crippen molar-refractivity contribution in [2.24, 2.45) is 0 Å². The Bertz CT molecular complexity index is 1330. The highest BCUT2D eigenvalue weighted by Gasteiger charge is 2.46. The minimum Gasteiger partial charge on any atom is -0.491 e. The number of ketones is 1. The summed E-state index contributed by atoms with van der Waals surface area (Å²) in [7, 11) is -4.44. The third-order valence-electron chi connectivity index (χ3n) is 7.16. The van der Waals surface area contributed by atoms with Crippen LogP contribution in [0.3, 0.4) is 0 Å². The first-order valence-electron chi connectivity index (χ1n) is 12.4. The van der Waals surface area contributed by atoms with E-state index in [1.54, 1.807) is 46.8 Å². The summed E-state index contributed by atoms with van der Waals surface area (Å²) in [6.07, 6.45) is 0.490. The van der Waals surface area contributed by atoms with Crippen molar-refractivity contribution >= 4 is 21.8 Å². The standard InChI is InChI=1S/C28H36FNO6S/c1-9-28(7,8)36-27(32)25(19(5)24-18(4)17(3)10-11-22(24)29)30-12-13-35-23-15-16(2)14-21(20(6)31)26(23)37(30,33)34/h10-11,14-15,19,25H,9,12-13H2,1-8H3/t19?,25-/m0/s1. The van der Waals surface area contributed by atoms with Gasteiger partial charge >= 0.3 is 5.97 Å². The molecule has 37 heavy (non-hydrogen) atoms. The lowest BCUT2D eigenvalue weighted by Crippen LogP contribution is -2.51. The van der Waals surface area contributed by atoms with Crippen LogP contribution in [0.1, 0.15) is 79.6 Å². The first-order valence-corrected chi connectivity index (χ1v) is 13.8. The number of benzene rings is 2. The molecule has 0 saturated carbocycles. The van der Waals surface area contributed by atoms with Gasteiger partial charge in [0.1, 0.15) is 34.7 Å². The predicted molar refractivity (Wildman–Crippen MR) is 139 cm³/mol. The number of aryl methyl sites for hydroxylation is 2. The van der Waals surface area contributed by atoms with E-state index in [4.69, 9.17) is 9.47 Å². The quantitative estimate of drug-likeness (QED) is 0.357. The fourth-order valence-corrected chi connectivity index (χ4v) is 6.61. The molecule has 0 fully saturated rings. The van der Waals surface area contributed by atoms with Crippen LogP contribution in [0.25, 0.3) is 0 Å². The number of carbonyl (C=O) groups excluding carboxylic acids is 2. The monoisotopic (exact) mass is 533 g/mol. The lowest BCUT2D eigenvalue weighted by Gasteiger charge is -2.35. The minimum absolute atomic E-state index is 0.0199. The van der Waals surface area contributed by atoms with Crippen molar-refractivity contribution in [2.45, 2.75) is 84.3 Å². The van der Waals surface area contributed by atoms with Crippen LogP contribution < -0.4 is 4.74 Å². The molecule has 3 rings (SSSR count). The van der Waals surface area contributed by atoms with Gasteiger partial charge in [-0.1, -0.05) is 19.9 Å². The van der Waals surface area contributed by atoms with Gasteiger partial charge in [-0.05, 0) is 88.4 Å². The molecular formula is C28H36FNO6S. The maximum absolute atomic E-state index is 15.2. The van der Waals surface area contributed by atoms with E-state index in [2.05, 4.69) is 0 Å². The molecule has 0 spiro atoms. The van der Waals surface area contributed by atoms with Crippen molar-refractivity contribution in [3.8, 4) is 5.75 Å². The molecule has 0 saturated heterocycles. The molecule has 9 heteroatoms. The molecule has 2 aromatic carbocycles. The van der Waals surface area contributed by atoms with Gasteiger partial charge in [-0.25, -0.2) is 12.8 Å². The Morgan fingerprint density at radius 3 is 2.43 bits per heavy atom. The molecule has 202 valence electrons. The maximum atomic E-state index is 15.2. The highest BCUT2D eigenvalue weighted by molar-refractivity contribution is 7.89. The normalized spacial score (nSPS) is 17.2. The van der Waals surface area contributed by atoms with Crippen LogP contribution in [0.5, 0.6) is 5.75 Å². The average Bonchev–Trinajstić information content (AvgIpc) is 2.91. The van der Waals surface area contributed by atoms with Crippen molar-refractivity contribution in [1.29, 1.82) is 0 Å². The van der Waals surface area contributed by atoms with E-state index in [0.717, 1.165) is 9.87 Å². The summed E-state index contributed by atoms with van der Waals surface area (Å²) >= 11 is 0. The zero-order chi connectivity index (χ0) is 27.9. The number of hydrogen-bond acceptors (Lipinski definition) is 6. The largest absolute Gasteiger partial charge is 0.491 e. The molecule has 1 unspecified atom stereocenters. The fraction of sp³-hybridized carbons (Fsp3) is 0.500. The van der Waals surface area contributed by atoms with Crippen LogP contribution in [0.15, 0.2) is 29.2 Å². The van der Waals surface area contributed by atoms with Crippen LogP contribution in [0.2, 0.25) is 0 Å². The van der Waals surface area contributed by atoms with Crippen LogP contribution in [0, 0.1) is 26.6 Å². The Morgan fingerprint density at radius 1 is 1.19 bits per heavy atom. The number of sulfonamides is 1. The summed E-state index contributed by atoms with van der Waals surface area (Å²) < 4.78 is 56.2. The first-order chi connectivity index (χ1) is 17.1. The molecule has 0 radical (unpaired) electrons. The topological polar surface area (TPSA) is 90.0 Å². The van der Waals surface area contributed by atoms with E-state index in [9.17, 15) is 18.0 Å². The molecule has 1 aliphatic rings. The zero-order valence-corrected chi connectivity index (χ0v) is 23.6. The van der Waals surface area contributed by atoms with Crippen molar-refractivity contribution in [3.05, 3.63) is 57.9 Å². The average molecular weight is 534 g/mol. The fourth-order valence-electron chi connectivity index (χ4n) is 4.64. The maximum Gasteiger partial charge on any atom is 0.325 e. The third-order valence-corrected chi connectivity index (χ3v) is 9.12. The Balaban J connectivity index is 2.27. The number of fused-ring (bicyclic) bond motifs is 1. The molecule has 2 aromatic rings. The van der Waals surface area contributed by atoms with Gasteiger partial charge in [-0.15, -0.1) is 0 Å². The number of hydrogen-bond donors (Lipinski definition) is 0. The summed E-state index contributed by atoms with van der Waals surface area (Å²) in [6, 6.07) is 4.61. The summed E-state index contributed by atoms with van der Waals surface area (Å²) in [5, 5.41) is 0. The van der Waals surface area contributed by atoms with Crippen LogP contribution in [0.4, 0.5) is 4.39 Å². The van der Waals surface area contributed by atoms with Crippen molar-refractivity contribution < 1.29 is 31.9 Å². The summed E-state index contributed by atoms with van der Waals surface area (Å²) in [4.78, 5) is 26.0. The van der Waals surface area contributed by atoms with E-state index in [1.165, 1.54) is 19.1 Å². The number of Topliss-reactive ketones (excluding diaryl/α,β-unsaturated/α-hetero) is 1. The Hall–Kier alpha value is -2.78. The number of ether oxygens (including phenoxy) is 2. The molecule has 0 amide bonds. The van der Waals surface area contributed by atoms with Crippen LogP contribution in [-0.4, -0.2) is 49.3 Å². The number of rotatable bonds is 7. The van der Waals surface area contributed by atoms with Gasteiger partial charge in [0.25, 0.3) is 0 Å². The SMILES string of the molecule is CCC(C)(C)OC(=O)[C@H](C(C)c1c(F)ccc(C)c1C)N1CCOc2cc(C)cc(C(C)=O)c2S1(=O)=O. The molecule has 0 bridgehead atoms. The van der Waals surface area contributed by atoms with Crippen LogP contribution in [-0.2, 0) is 19.6 Å². The molecule has 7 nitrogen and oxygen atoms in total. The summed E-state index contributed by atoms with van der Waals surface area (Å²) in [5.74, 6) is -2.62. The Morgan fingerprint density at radius 2 is 1.84 bits per heavy atom. The molecule has 2 atom stereocenters. The molecule has 0 N–H and O–H groups in total. The summed E-state index contributed by atoms with van der Waals surface area (Å²) in [5.41, 5.74) is 1.45. The molecule has 0 aromatic heterocycles. The second kappa shape index (κ2) is 10.5. The predicted octanol–water partition coefficient (Wildman–Crippen LogP) is 5.24. The lowest BCUT2D eigenvalue weighted by molar-refractivity contribution is -0.162. The summed E-state index contributed by atoms with van der Waals surface area (Å²) in [6.45, 7) is 13.3. The minimum atomic E-state index is -4.44. The van der Waals surface area contributed by atoms with Gasteiger partial charge in [0.15, 0.2) is 5.78 Å². The van der Waals surface area contributed by atoms with E-state index in [1.807, 2.05) is 13.8 Å². The van der Waals surface area contributed by atoms with E-state index in [-0.39, 0.29) is 34.9 Å². The Kier molecular flexibility index (Phi) is 8.19. The van der Waals surface area contributed by atoms with Crippen LogP contribution >= 0.6 is 0 Å². The van der Waals surface area contributed by atoms with Gasteiger partial charge < -0.3 is 9.47 Å². The number of carbonyl (C=O) groups is 2. The molecule has 1 aliphatic heterocycles. The highest BCUT2D eigenvalue weighted by atomic mass is 32.2. The van der Waals surface area contributed by atoms with E-state index in [0.29, 0.717) is 17.5 Å². The molecular weight excluding hydrogens is 497 g/mol. The molecule has 0 aliphatic carbocycles. The Labute approximate surface area is 219 Å². The second-order valence-electron chi connectivity index (χ2n) is 10.3. The van der Waals surface area contributed by atoms with Crippen molar-refractivity contribution in [2.75, 3.05) is 13.2 Å². The second-order valence-corrected chi connectivity index (χ2v) is 12.2. The van der Waals surface area contributed by atoms with E-state index < -0.39 is 45.2 Å². The van der Waals surface area contributed by atoms with Gasteiger partial charge in [0.2, 0.25) is 10.0 Å². The van der Waals surface area contributed by atoms with Gasteiger partial charge in [0, 0.05) is 18.0 Å². The lowest BCUT2D eigenvalue weighted by atomic mass is 9.87. The van der Waals surface area contributed by atoms with Crippen molar-refractivity contribution in [3.63, 3.8) is 0 Å².